The molecule has 0 spiro atoms. The molecule has 0 saturated carbocycles. The maximum atomic E-state index is 10.2. The van der Waals surface area contributed by atoms with Gasteiger partial charge in [0.1, 0.15) is 0 Å². The minimum Gasteiger partial charge on any atom is -0.478 e. The summed E-state index contributed by atoms with van der Waals surface area (Å²) in [6.45, 7) is 4.41. The molecule has 0 unspecified atom stereocenters. The molecule has 0 rings (SSSR count). The Labute approximate surface area is 60.3 Å². The van der Waals surface area contributed by atoms with Gasteiger partial charge < -0.3 is 9.84 Å². The van der Waals surface area contributed by atoms with Crippen LogP contribution in [0.15, 0.2) is 11.6 Å². The Kier molecular flexibility index (Phi) is 4.58. The van der Waals surface area contributed by atoms with Crippen LogP contribution in [0.25, 0.3) is 0 Å². The normalized spacial score (nSPS) is 11.6. The van der Waals surface area contributed by atoms with Gasteiger partial charge in [0.25, 0.3) is 0 Å². The summed E-state index contributed by atoms with van der Waals surface area (Å²) in [7, 11) is 0. The van der Waals surface area contributed by atoms with E-state index in [9.17, 15) is 4.79 Å². The van der Waals surface area contributed by atoms with Crippen LogP contribution in [0.2, 0.25) is 0 Å². The number of hydrogen-bond acceptors (Lipinski definition) is 2. The molecule has 3 heteroatoms. The zero-order valence-electron chi connectivity index (χ0n) is 6.26. The van der Waals surface area contributed by atoms with E-state index < -0.39 is 5.97 Å². The average Bonchev–Trinajstić information content (AvgIpc) is 1.88. The lowest BCUT2D eigenvalue weighted by Crippen LogP contribution is -1.98. The Hall–Kier alpha value is -0.830. The number of hydrogen-bond donors (Lipinski definition) is 1. The first-order valence-electron chi connectivity index (χ1n) is 3.16. The number of rotatable bonds is 4. The third kappa shape index (κ3) is 4.09. The number of carbonyl (C=O) groups is 1. The van der Waals surface area contributed by atoms with E-state index in [-0.39, 0.29) is 0 Å². The fourth-order valence-corrected chi connectivity index (χ4v) is 0.389. The van der Waals surface area contributed by atoms with Crippen molar-refractivity contribution >= 4 is 5.97 Å². The van der Waals surface area contributed by atoms with Crippen LogP contribution in [0.5, 0.6) is 0 Å². The van der Waals surface area contributed by atoms with Crippen molar-refractivity contribution in [2.24, 2.45) is 0 Å². The maximum Gasteiger partial charge on any atom is 0.331 e. The summed E-state index contributed by atoms with van der Waals surface area (Å²) in [4.78, 5) is 10.2. The molecule has 0 fully saturated rings. The molecular weight excluding hydrogens is 132 g/mol. The predicted octanol–water partition coefficient (Wildman–Crippen LogP) is 1.05. The smallest absolute Gasteiger partial charge is 0.331 e. The topological polar surface area (TPSA) is 46.5 Å². The fourth-order valence-electron chi connectivity index (χ4n) is 0.389. The van der Waals surface area contributed by atoms with E-state index in [0.717, 1.165) is 0 Å². The van der Waals surface area contributed by atoms with E-state index in [4.69, 9.17) is 9.84 Å². The first-order chi connectivity index (χ1) is 4.68. The van der Waals surface area contributed by atoms with Gasteiger partial charge in [-0.15, -0.1) is 0 Å². The van der Waals surface area contributed by atoms with E-state index in [1.54, 1.807) is 13.0 Å². The highest BCUT2D eigenvalue weighted by atomic mass is 16.5. The second-order valence-electron chi connectivity index (χ2n) is 1.85. The summed E-state index contributed by atoms with van der Waals surface area (Å²) in [6, 6.07) is 0. The van der Waals surface area contributed by atoms with Crippen molar-refractivity contribution in [1.82, 2.24) is 0 Å². The lowest BCUT2D eigenvalue weighted by atomic mass is 10.3. The molecule has 1 N–H and O–H groups in total. The van der Waals surface area contributed by atoms with Crippen LogP contribution < -0.4 is 0 Å². The molecule has 0 aromatic carbocycles. The van der Waals surface area contributed by atoms with Crippen LogP contribution in [0.1, 0.15) is 13.8 Å². The first kappa shape index (κ1) is 9.17. The van der Waals surface area contributed by atoms with Gasteiger partial charge in [-0.1, -0.05) is 0 Å². The highest BCUT2D eigenvalue weighted by Crippen LogP contribution is 1.91. The van der Waals surface area contributed by atoms with Gasteiger partial charge in [0.2, 0.25) is 0 Å². The Morgan fingerprint density at radius 1 is 1.70 bits per heavy atom. The third-order valence-electron chi connectivity index (χ3n) is 1.05. The van der Waals surface area contributed by atoms with Crippen LogP contribution in [-0.4, -0.2) is 24.3 Å². The molecule has 0 aliphatic carbocycles. The maximum absolute atomic E-state index is 10.2. The molecular formula is C7H12O3. The monoisotopic (exact) mass is 144 g/mol. The van der Waals surface area contributed by atoms with Gasteiger partial charge >= 0.3 is 5.97 Å². The van der Waals surface area contributed by atoms with Crippen molar-refractivity contribution in [3.63, 3.8) is 0 Å². The lowest BCUT2D eigenvalue weighted by molar-refractivity contribution is -0.132. The summed E-state index contributed by atoms with van der Waals surface area (Å²) < 4.78 is 4.91. The number of aliphatic carboxylic acids is 1. The largest absolute Gasteiger partial charge is 0.478 e. The van der Waals surface area contributed by atoms with E-state index >= 15 is 0 Å². The molecule has 0 aromatic heterocycles. The van der Waals surface area contributed by atoms with Gasteiger partial charge in [-0.25, -0.2) is 4.79 Å². The van der Waals surface area contributed by atoms with Crippen LogP contribution in [-0.2, 0) is 9.53 Å². The van der Waals surface area contributed by atoms with Crippen molar-refractivity contribution in [2.75, 3.05) is 13.2 Å². The molecule has 0 atom stereocenters. The third-order valence-corrected chi connectivity index (χ3v) is 1.05. The van der Waals surface area contributed by atoms with Crippen LogP contribution in [0.4, 0.5) is 0 Å². The van der Waals surface area contributed by atoms with Crippen LogP contribution in [0, 0.1) is 0 Å². The molecule has 0 heterocycles. The number of ether oxygens (including phenoxy) is 1. The Bertz CT molecular complexity index is 138. The Morgan fingerprint density at radius 3 is 2.70 bits per heavy atom. The molecule has 0 radical (unpaired) electrons. The van der Waals surface area contributed by atoms with Gasteiger partial charge in [-0.05, 0) is 19.9 Å². The number of carboxylic acids is 1. The minimum absolute atomic E-state index is 0.327. The van der Waals surface area contributed by atoms with Gasteiger partial charge in [0.05, 0.1) is 6.61 Å². The Balaban J connectivity index is 3.58. The SMILES string of the molecule is CCOCC=C(C)C(=O)O. The van der Waals surface area contributed by atoms with E-state index in [1.165, 1.54) is 0 Å². The highest BCUT2D eigenvalue weighted by Gasteiger charge is 1.96. The molecule has 0 saturated heterocycles. The van der Waals surface area contributed by atoms with Crippen molar-refractivity contribution in [2.45, 2.75) is 13.8 Å². The molecule has 0 aliphatic rings. The second kappa shape index (κ2) is 4.99. The van der Waals surface area contributed by atoms with E-state index in [1.807, 2.05) is 6.92 Å². The van der Waals surface area contributed by atoms with E-state index in [0.29, 0.717) is 18.8 Å². The zero-order chi connectivity index (χ0) is 7.98. The van der Waals surface area contributed by atoms with Crippen molar-refractivity contribution in [3.8, 4) is 0 Å². The summed E-state index contributed by atoms with van der Waals surface area (Å²) >= 11 is 0. The summed E-state index contributed by atoms with van der Waals surface area (Å²) in [5, 5.41) is 8.36. The van der Waals surface area contributed by atoms with Gasteiger partial charge in [-0.3, -0.25) is 0 Å². The van der Waals surface area contributed by atoms with Crippen LogP contribution in [0.3, 0.4) is 0 Å². The fraction of sp³-hybridized carbons (Fsp3) is 0.571. The second-order valence-corrected chi connectivity index (χ2v) is 1.85. The predicted molar refractivity (Wildman–Crippen MR) is 37.9 cm³/mol. The molecule has 10 heavy (non-hydrogen) atoms. The molecule has 3 nitrogen and oxygen atoms in total. The van der Waals surface area contributed by atoms with Crippen molar-refractivity contribution in [1.29, 1.82) is 0 Å². The first-order valence-corrected chi connectivity index (χ1v) is 3.16. The highest BCUT2D eigenvalue weighted by molar-refractivity contribution is 5.85. The van der Waals surface area contributed by atoms with Crippen molar-refractivity contribution in [3.05, 3.63) is 11.6 Å². The van der Waals surface area contributed by atoms with Gasteiger partial charge in [-0.2, -0.15) is 0 Å². The summed E-state index contributed by atoms with van der Waals surface area (Å²) in [5.74, 6) is -0.889. The molecule has 0 aromatic rings. The van der Waals surface area contributed by atoms with Crippen LogP contribution >= 0.6 is 0 Å². The molecule has 58 valence electrons. The summed E-state index contributed by atoms with van der Waals surface area (Å²) in [5.41, 5.74) is 0.327. The zero-order valence-corrected chi connectivity index (χ0v) is 6.26. The molecule has 0 amide bonds. The standard InChI is InChI=1S/C7H12O3/c1-3-10-5-4-6(2)7(8)9/h4H,3,5H2,1-2H3,(H,8,9). The minimum atomic E-state index is -0.889. The van der Waals surface area contributed by atoms with Gasteiger partial charge in [0, 0.05) is 12.2 Å². The van der Waals surface area contributed by atoms with E-state index in [2.05, 4.69) is 0 Å². The quantitative estimate of drug-likeness (QED) is 0.474. The molecule has 0 aliphatic heterocycles. The average molecular weight is 144 g/mol. The van der Waals surface area contributed by atoms with Gasteiger partial charge in [0.15, 0.2) is 0 Å². The number of carboxylic acid groups (broad SMARTS) is 1. The summed E-state index contributed by atoms with van der Waals surface area (Å²) in [6.07, 6.45) is 1.55. The Morgan fingerprint density at radius 2 is 2.30 bits per heavy atom. The lowest BCUT2D eigenvalue weighted by Gasteiger charge is -1.94. The van der Waals surface area contributed by atoms with Crippen molar-refractivity contribution < 1.29 is 14.6 Å². The molecule has 0 bridgehead atoms.